The van der Waals surface area contributed by atoms with E-state index >= 15 is 0 Å². The highest BCUT2D eigenvalue weighted by atomic mass is 35.5. The van der Waals surface area contributed by atoms with Gasteiger partial charge in [0.15, 0.2) is 0 Å². The van der Waals surface area contributed by atoms with E-state index in [9.17, 15) is 14.4 Å². The summed E-state index contributed by atoms with van der Waals surface area (Å²) in [6.07, 6.45) is 1.69. The summed E-state index contributed by atoms with van der Waals surface area (Å²) in [4.78, 5) is 44.6. The van der Waals surface area contributed by atoms with Crippen molar-refractivity contribution in [3.8, 4) is 0 Å². The van der Waals surface area contributed by atoms with Gasteiger partial charge in [-0.1, -0.05) is 41.9 Å². The molecule has 0 aliphatic carbocycles. The molecule has 1 aromatic heterocycles. The highest BCUT2D eigenvalue weighted by Gasteiger charge is 2.42. The normalized spacial score (nSPS) is 15.1. The minimum absolute atomic E-state index is 0.0121. The first kappa shape index (κ1) is 26.3. The van der Waals surface area contributed by atoms with Crippen LogP contribution in [0.1, 0.15) is 35.4 Å². The zero-order valence-corrected chi connectivity index (χ0v) is 21.9. The lowest BCUT2D eigenvalue weighted by Crippen LogP contribution is -2.50. The fraction of sp³-hybridized carbons (Fsp3) is 0.407. The number of likely N-dealkylation sites (tertiary alicyclic amines) is 1. The van der Waals surface area contributed by atoms with Crippen LogP contribution in [0.4, 0.5) is 0 Å². The number of benzene rings is 2. The molecule has 1 saturated heterocycles. The number of nitrogens with zero attached hydrogens (tertiary/aromatic N) is 2. The van der Waals surface area contributed by atoms with Crippen molar-refractivity contribution in [3.63, 3.8) is 0 Å². The van der Waals surface area contributed by atoms with Gasteiger partial charge in [-0.25, -0.2) is 4.98 Å². The first-order valence-corrected chi connectivity index (χ1v) is 13.3. The summed E-state index contributed by atoms with van der Waals surface area (Å²) in [5.74, 6) is -0.536. The SMILES string of the molecule is Cc1cccc2sc(CC(=O)OCC3(C(=O)CCc4ccccc4Cl)CCN(C(=O)CN)CC3)nc12. The van der Waals surface area contributed by atoms with E-state index in [1.54, 1.807) is 11.0 Å². The molecule has 0 radical (unpaired) electrons. The van der Waals surface area contributed by atoms with Crippen molar-refractivity contribution >= 4 is 50.8 Å². The van der Waals surface area contributed by atoms with E-state index in [2.05, 4.69) is 4.98 Å². The summed E-state index contributed by atoms with van der Waals surface area (Å²) in [7, 11) is 0. The van der Waals surface area contributed by atoms with Gasteiger partial charge in [-0.2, -0.15) is 0 Å². The Labute approximate surface area is 219 Å². The van der Waals surface area contributed by atoms with Crippen molar-refractivity contribution in [1.82, 2.24) is 9.88 Å². The maximum Gasteiger partial charge on any atom is 0.312 e. The number of aromatic nitrogens is 1. The minimum Gasteiger partial charge on any atom is -0.464 e. The molecule has 1 aliphatic heterocycles. The van der Waals surface area contributed by atoms with Crippen molar-refractivity contribution in [1.29, 1.82) is 0 Å². The van der Waals surface area contributed by atoms with Gasteiger partial charge in [0.2, 0.25) is 5.91 Å². The number of aryl methyl sites for hydroxylation is 2. The largest absolute Gasteiger partial charge is 0.464 e. The molecule has 0 unspecified atom stereocenters. The van der Waals surface area contributed by atoms with Crippen LogP contribution in [-0.2, 0) is 32.0 Å². The predicted molar refractivity (Wildman–Crippen MR) is 141 cm³/mol. The molecular weight excluding hydrogens is 498 g/mol. The molecule has 2 heterocycles. The first-order valence-electron chi connectivity index (χ1n) is 12.1. The number of nitrogens with two attached hydrogens (primary N) is 1. The average Bonchev–Trinajstić information content (AvgIpc) is 3.30. The van der Waals surface area contributed by atoms with E-state index in [1.165, 1.54) is 11.3 Å². The second-order valence-electron chi connectivity index (χ2n) is 9.25. The molecule has 2 N–H and O–H groups in total. The maximum atomic E-state index is 13.5. The molecule has 9 heteroatoms. The van der Waals surface area contributed by atoms with Crippen molar-refractivity contribution in [3.05, 3.63) is 63.6 Å². The van der Waals surface area contributed by atoms with Gasteiger partial charge < -0.3 is 15.4 Å². The maximum absolute atomic E-state index is 13.5. The van der Waals surface area contributed by atoms with Gasteiger partial charge in [-0.05, 0) is 49.4 Å². The number of halogens is 1. The van der Waals surface area contributed by atoms with Gasteiger partial charge in [-0.15, -0.1) is 11.3 Å². The van der Waals surface area contributed by atoms with Crippen LogP contribution in [0.3, 0.4) is 0 Å². The van der Waals surface area contributed by atoms with E-state index < -0.39 is 11.4 Å². The summed E-state index contributed by atoms with van der Waals surface area (Å²) >= 11 is 7.75. The monoisotopic (exact) mass is 527 g/mol. The van der Waals surface area contributed by atoms with Crippen molar-refractivity contribution < 1.29 is 19.1 Å². The standard InChI is InChI=1S/C27H30ClN3O4S/c1-18-5-4-8-21-26(18)30-23(36-21)15-25(34)35-17-27(11-13-31(14-12-27)24(33)16-29)22(32)10-9-19-6-2-3-7-20(19)28/h2-8H,9-17,29H2,1H3. The van der Waals surface area contributed by atoms with E-state index in [1.807, 2.05) is 43.3 Å². The third kappa shape index (κ3) is 5.94. The summed E-state index contributed by atoms with van der Waals surface area (Å²) in [6.45, 7) is 2.72. The Kier molecular flexibility index (Phi) is 8.39. The highest BCUT2D eigenvalue weighted by Crippen LogP contribution is 2.35. The van der Waals surface area contributed by atoms with Crippen LogP contribution in [0.25, 0.3) is 10.2 Å². The number of carbonyl (C=O) groups excluding carboxylic acids is 3. The predicted octanol–water partition coefficient (Wildman–Crippen LogP) is 4.11. The molecule has 3 aromatic rings. The third-order valence-corrected chi connectivity index (χ3v) is 8.28. The van der Waals surface area contributed by atoms with E-state index in [-0.39, 0.29) is 37.7 Å². The number of fused-ring (bicyclic) bond motifs is 1. The number of ether oxygens (including phenoxy) is 1. The molecule has 4 rings (SSSR count). The van der Waals surface area contributed by atoms with Crippen LogP contribution in [0.2, 0.25) is 5.02 Å². The lowest BCUT2D eigenvalue weighted by Gasteiger charge is -2.40. The number of ketones is 1. The van der Waals surface area contributed by atoms with E-state index in [0.29, 0.717) is 42.4 Å². The Morgan fingerprint density at radius 3 is 2.58 bits per heavy atom. The van der Waals surface area contributed by atoms with Gasteiger partial charge >= 0.3 is 5.97 Å². The number of Topliss-reactive ketones (excluding diaryl/α,β-unsaturated/α-hetero) is 1. The number of hydrogen-bond donors (Lipinski definition) is 1. The quantitative estimate of drug-likeness (QED) is 0.420. The highest BCUT2D eigenvalue weighted by molar-refractivity contribution is 7.18. The van der Waals surface area contributed by atoms with Crippen molar-refractivity contribution in [2.24, 2.45) is 11.1 Å². The Bertz CT molecular complexity index is 1270. The second kappa shape index (κ2) is 11.5. The summed E-state index contributed by atoms with van der Waals surface area (Å²) in [5.41, 5.74) is 7.54. The molecular formula is C27H30ClN3O4S. The van der Waals surface area contributed by atoms with Crippen LogP contribution in [0, 0.1) is 12.3 Å². The lowest BCUT2D eigenvalue weighted by atomic mass is 9.73. The number of para-hydroxylation sites is 1. The number of rotatable bonds is 9. The van der Waals surface area contributed by atoms with Crippen LogP contribution in [0.5, 0.6) is 0 Å². The number of esters is 1. The zero-order chi connectivity index (χ0) is 25.7. The van der Waals surface area contributed by atoms with Gasteiger partial charge in [0.05, 0.1) is 28.6 Å². The smallest absolute Gasteiger partial charge is 0.312 e. The van der Waals surface area contributed by atoms with Gasteiger partial charge in [0, 0.05) is 24.5 Å². The minimum atomic E-state index is -0.841. The average molecular weight is 528 g/mol. The lowest BCUT2D eigenvalue weighted by molar-refractivity contribution is -0.153. The molecule has 0 spiro atoms. The topological polar surface area (TPSA) is 103 Å². The Morgan fingerprint density at radius 1 is 1.14 bits per heavy atom. The molecule has 0 atom stereocenters. The van der Waals surface area contributed by atoms with Gasteiger partial charge in [0.1, 0.15) is 17.4 Å². The second-order valence-corrected chi connectivity index (χ2v) is 10.8. The molecule has 1 amide bonds. The number of hydrogen-bond acceptors (Lipinski definition) is 7. The summed E-state index contributed by atoms with van der Waals surface area (Å²) in [6, 6.07) is 13.4. The Hall–Kier alpha value is -2.81. The molecule has 0 saturated carbocycles. The third-order valence-electron chi connectivity index (χ3n) is 6.89. The van der Waals surface area contributed by atoms with E-state index in [4.69, 9.17) is 22.1 Å². The number of thiazole rings is 1. The number of carbonyl (C=O) groups is 3. The summed E-state index contributed by atoms with van der Waals surface area (Å²) in [5, 5.41) is 1.31. The van der Waals surface area contributed by atoms with Crippen LogP contribution in [0.15, 0.2) is 42.5 Å². The molecule has 190 valence electrons. The Balaban J connectivity index is 1.43. The molecule has 36 heavy (non-hydrogen) atoms. The molecule has 0 bridgehead atoms. The van der Waals surface area contributed by atoms with Gasteiger partial charge in [-0.3, -0.25) is 14.4 Å². The van der Waals surface area contributed by atoms with Crippen molar-refractivity contribution in [2.75, 3.05) is 26.2 Å². The molecule has 7 nitrogen and oxygen atoms in total. The molecule has 1 aliphatic rings. The number of amides is 1. The first-order chi connectivity index (χ1) is 17.3. The number of piperidine rings is 1. The van der Waals surface area contributed by atoms with Crippen LogP contribution in [-0.4, -0.2) is 53.8 Å². The van der Waals surface area contributed by atoms with Crippen LogP contribution >= 0.6 is 22.9 Å². The molecule has 1 fully saturated rings. The fourth-order valence-corrected chi connectivity index (χ4v) is 5.89. The van der Waals surface area contributed by atoms with Crippen LogP contribution < -0.4 is 5.73 Å². The summed E-state index contributed by atoms with van der Waals surface area (Å²) < 4.78 is 6.72. The molecule has 2 aromatic carbocycles. The Morgan fingerprint density at radius 2 is 1.89 bits per heavy atom. The fourth-order valence-electron chi connectivity index (χ4n) is 4.63. The van der Waals surface area contributed by atoms with Gasteiger partial charge in [0.25, 0.3) is 0 Å². The van der Waals surface area contributed by atoms with Crippen molar-refractivity contribution in [2.45, 2.75) is 39.0 Å². The zero-order valence-electron chi connectivity index (χ0n) is 20.3. The van der Waals surface area contributed by atoms with E-state index in [0.717, 1.165) is 21.3 Å².